The van der Waals surface area contributed by atoms with E-state index in [0.29, 0.717) is 41.7 Å². The SMILES string of the molecule is CCOc1cc(NC(=O)c2ccc(C)cc2)c(OCC)cc1NC(=O)Cc1ccccc1. The largest absolute Gasteiger partial charge is 0.492 e. The van der Waals surface area contributed by atoms with Crippen LogP contribution in [-0.4, -0.2) is 25.0 Å². The highest BCUT2D eigenvalue weighted by Crippen LogP contribution is 2.37. The van der Waals surface area contributed by atoms with Crippen LogP contribution in [0, 0.1) is 6.92 Å². The molecule has 2 amide bonds. The maximum atomic E-state index is 12.7. The molecule has 3 rings (SSSR count). The predicted molar refractivity (Wildman–Crippen MR) is 127 cm³/mol. The zero-order valence-corrected chi connectivity index (χ0v) is 18.6. The van der Waals surface area contributed by atoms with E-state index in [4.69, 9.17) is 9.47 Å². The molecule has 0 heterocycles. The summed E-state index contributed by atoms with van der Waals surface area (Å²) in [7, 11) is 0. The van der Waals surface area contributed by atoms with Crippen LogP contribution >= 0.6 is 0 Å². The van der Waals surface area contributed by atoms with Gasteiger partial charge in [-0.05, 0) is 38.5 Å². The van der Waals surface area contributed by atoms with Crippen molar-refractivity contribution >= 4 is 23.2 Å². The molecule has 2 N–H and O–H groups in total. The number of anilines is 2. The van der Waals surface area contributed by atoms with E-state index in [1.807, 2.05) is 63.2 Å². The molecule has 0 aliphatic heterocycles. The molecular formula is C26H28N2O4. The smallest absolute Gasteiger partial charge is 0.255 e. The van der Waals surface area contributed by atoms with Crippen LogP contribution in [-0.2, 0) is 11.2 Å². The van der Waals surface area contributed by atoms with E-state index in [2.05, 4.69) is 10.6 Å². The van der Waals surface area contributed by atoms with Crippen LogP contribution in [0.25, 0.3) is 0 Å². The van der Waals surface area contributed by atoms with Crippen molar-refractivity contribution in [3.8, 4) is 11.5 Å². The Morgan fingerprint density at radius 1 is 0.781 bits per heavy atom. The lowest BCUT2D eigenvalue weighted by Crippen LogP contribution is -2.17. The summed E-state index contributed by atoms with van der Waals surface area (Å²) in [5, 5.41) is 5.80. The molecule has 0 aliphatic rings. The van der Waals surface area contributed by atoms with Crippen LogP contribution in [0.2, 0.25) is 0 Å². The van der Waals surface area contributed by atoms with Crippen LogP contribution in [0.15, 0.2) is 66.7 Å². The molecule has 3 aromatic rings. The minimum Gasteiger partial charge on any atom is -0.492 e. The van der Waals surface area contributed by atoms with Gasteiger partial charge in [-0.2, -0.15) is 0 Å². The summed E-state index contributed by atoms with van der Waals surface area (Å²) in [4.78, 5) is 25.3. The molecule has 32 heavy (non-hydrogen) atoms. The van der Waals surface area contributed by atoms with E-state index < -0.39 is 0 Å². The normalized spacial score (nSPS) is 10.3. The molecule has 0 atom stereocenters. The van der Waals surface area contributed by atoms with Gasteiger partial charge in [0.05, 0.1) is 31.0 Å². The van der Waals surface area contributed by atoms with Gasteiger partial charge in [0.25, 0.3) is 5.91 Å². The number of aryl methyl sites for hydroxylation is 1. The number of amides is 2. The van der Waals surface area contributed by atoms with Gasteiger partial charge in [-0.25, -0.2) is 0 Å². The second kappa shape index (κ2) is 11.0. The first-order valence-corrected chi connectivity index (χ1v) is 10.7. The second-order valence-electron chi connectivity index (χ2n) is 7.24. The number of ether oxygens (including phenoxy) is 2. The topological polar surface area (TPSA) is 76.7 Å². The molecule has 0 saturated carbocycles. The Kier molecular flexibility index (Phi) is 7.86. The quantitative estimate of drug-likeness (QED) is 0.486. The highest BCUT2D eigenvalue weighted by Gasteiger charge is 2.17. The average Bonchev–Trinajstić information content (AvgIpc) is 2.78. The van der Waals surface area contributed by atoms with Crippen LogP contribution in [0.5, 0.6) is 11.5 Å². The van der Waals surface area contributed by atoms with E-state index in [1.165, 1.54) is 0 Å². The van der Waals surface area contributed by atoms with E-state index >= 15 is 0 Å². The van der Waals surface area contributed by atoms with Crippen molar-refractivity contribution in [2.75, 3.05) is 23.8 Å². The Bertz CT molecular complexity index is 1060. The summed E-state index contributed by atoms with van der Waals surface area (Å²) in [6.45, 7) is 6.49. The maximum absolute atomic E-state index is 12.7. The lowest BCUT2D eigenvalue weighted by Gasteiger charge is -2.18. The molecule has 0 unspecified atom stereocenters. The molecule has 166 valence electrons. The monoisotopic (exact) mass is 432 g/mol. The van der Waals surface area contributed by atoms with Crippen LogP contribution < -0.4 is 20.1 Å². The van der Waals surface area contributed by atoms with E-state index in [0.717, 1.165) is 11.1 Å². The Balaban J connectivity index is 1.86. The van der Waals surface area contributed by atoms with Gasteiger partial charge in [-0.1, -0.05) is 48.0 Å². The van der Waals surface area contributed by atoms with Crippen molar-refractivity contribution in [2.24, 2.45) is 0 Å². The molecule has 0 bridgehead atoms. The van der Waals surface area contributed by atoms with E-state index in [-0.39, 0.29) is 18.2 Å². The van der Waals surface area contributed by atoms with Crippen molar-refractivity contribution in [3.05, 3.63) is 83.4 Å². The summed E-state index contributed by atoms with van der Waals surface area (Å²) in [5.41, 5.74) is 3.49. The third-order valence-corrected chi connectivity index (χ3v) is 4.73. The molecule has 0 fully saturated rings. The summed E-state index contributed by atoms with van der Waals surface area (Å²) >= 11 is 0. The van der Waals surface area contributed by atoms with E-state index in [1.54, 1.807) is 24.3 Å². The fraction of sp³-hybridized carbons (Fsp3) is 0.231. The lowest BCUT2D eigenvalue weighted by atomic mass is 10.1. The molecule has 0 spiro atoms. The molecule has 3 aromatic carbocycles. The Morgan fingerprint density at radius 3 is 1.91 bits per heavy atom. The number of rotatable bonds is 9. The number of hydrogen-bond acceptors (Lipinski definition) is 4. The van der Waals surface area contributed by atoms with Gasteiger partial charge in [-0.15, -0.1) is 0 Å². The van der Waals surface area contributed by atoms with Gasteiger partial charge in [0, 0.05) is 17.7 Å². The first-order chi connectivity index (χ1) is 15.5. The van der Waals surface area contributed by atoms with Gasteiger partial charge in [0.1, 0.15) is 11.5 Å². The molecule has 0 aromatic heterocycles. The average molecular weight is 433 g/mol. The van der Waals surface area contributed by atoms with Gasteiger partial charge in [0.15, 0.2) is 0 Å². The van der Waals surface area contributed by atoms with Crippen molar-refractivity contribution < 1.29 is 19.1 Å². The zero-order chi connectivity index (χ0) is 22.9. The number of carbonyl (C=O) groups is 2. The fourth-order valence-electron chi connectivity index (χ4n) is 3.18. The zero-order valence-electron chi connectivity index (χ0n) is 18.6. The van der Waals surface area contributed by atoms with Crippen molar-refractivity contribution in [3.63, 3.8) is 0 Å². The van der Waals surface area contributed by atoms with Crippen LogP contribution in [0.3, 0.4) is 0 Å². The van der Waals surface area contributed by atoms with Crippen LogP contribution in [0.1, 0.15) is 35.3 Å². The van der Waals surface area contributed by atoms with Gasteiger partial charge >= 0.3 is 0 Å². The number of nitrogens with one attached hydrogen (secondary N) is 2. The second-order valence-corrected chi connectivity index (χ2v) is 7.24. The summed E-state index contributed by atoms with van der Waals surface area (Å²) < 4.78 is 11.5. The molecular weight excluding hydrogens is 404 g/mol. The third-order valence-electron chi connectivity index (χ3n) is 4.73. The van der Waals surface area contributed by atoms with Crippen LogP contribution in [0.4, 0.5) is 11.4 Å². The summed E-state index contributed by atoms with van der Waals surface area (Å²) in [5.74, 6) is 0.480. The Morgan fingerprint density at radius 2 is 1.34 bits per heavy atom. The van der Waals surface area contributed by atoms with E-state index in [9.17, 15) is 9.59 Å². The summed E-state index contributed by atoms with van der Waals surface area (Å²) in [6, 6.07) is 20.2. The Labute approximate surface area is 188 Å². The highest BCUT2D eigenvalue weighted by molar-refractivity contribution is 6.05. The first kappa shape index (κ1) is 22.9. The van der Waals surface area contributed by atoms with Gasteiger partial charge in [-0.3, -0.25) is 9.59 Å². The minimum absolute atomic E-state index is 0.170. The molecule has 6 nitrogen and oxygen atoms in total. The van der Waals surface area contributed by atoms with Crippen molar-refractivity contribution in [1.29, 1.82) is 0 Å². The number of carbonyl (C=O) groups excluding carboxylic acids is 2. The molecule has 6 heteroatoms. The first-order valence-electron chi connectivity index (χ1n) is 10.7. The third kappa shape index (κ3) is 6.11. The molecule has 0 radical (unpaired) electrons. The predicted octanol–water partition coefficient (Wildman–Crippen LogP) is 5.23. The lowest BCUT2D eigenvalue weighted by molar-refractivity contribution is -0.115. The van der Waals surface area contributed by atoms with Crippen molar-refractivity contribution in [1.82, 2.24) is 0 Å². The Hall–Kier alpha value is -3.80. The van der Waals surface area contributed by atoms with Gasteiger partial charge < -0.3 is 20.1 Å². The number of benzene rings is 3. The maximum Gasteiger partial charge on any atom is 0.255 e. The number of hydrogen-bond donors (Lipinski definition) is 2. The van der Waals surface area contributed by atoms with Gasteiger partial charge in [0.2, 0.25) is 5.91 Å². The standard InChI is InChI=1S/C26H28N2O4/c1-4-31-23-17-22(28-26(30)20-13-11-18(3)12-14-20)24(32-5-2)16-21(23)27-25(29)15-19-9-7-6-8-10-19/h6-14,16-17H,4-5,15H2,1-3H3,(H,27,29)(H,28,30). The van der Waals surface area contributed by atoms with Crippen molar-refractivity contribution in [2.45, 2.75) is 27.2 Å². The molecule has 0 saturated heterocycles. The summed E-state index contributed by atoms with van der Waals surface area (Å²) in [6.07, 6.45) is 0.238. The fourth-order valence-corrected chi connectivity index (χ4v) is 3.18. The highest BCUT2D eigenvalue weighted by atomic mass is 16.5. The minimum atomic E-state index is -0.255. The molecule has 0 aliphatic carbocycles.